The van der Waals surface area contributed by atoms with Crippen molar-refractivity contribution in [3.05, 3.63) is 53.7 Å². The van der Waals surface area contributed by atoms with Crippen molar-refractivity contribution in [1.29, 1.82) is 0 Å². The number of hydrogen-bond acceptors (Lipinski definition) is 6. The second-order valence-electron chi connectivity index (χ2n) is 8.07. The van der Waals surface area contributed by atoms with E-state index in [-0.39, 0.29) is 12.1 Å². The van der Waals surface area contributed by atoms with Gasteiger partial charge in [-0.2, -0.15) is 0 Å². The lowest BCUT2D eigenvalue weighted by Crippen LogP contribution is -2.16. The van der Waals surface area contributed by atoms with E-state index in [1.807, 2.05) is 64.1 Å². The van der Waals surface area contributed by atoms with E-state index in [1.54, 1.807) is 25.1 Å². The molecule has 1 heterocycles. The Morgan fingerprint density at radius 2 is 1.42 bits per heavy atom. The Bertz CT molecular complexity index is 1180. The molecule has 3 aromatic rings. The van der Waals surface area contributed by atoms with Crippen LogP contribution < -0.4 is 20.9 Å². The highest BCUT2D eigenvalue weighted by molar-refractivity contribution is 5.99. The van der Waals surface area contributed by atoms with Crippen molar-refractivity contribution in [2.24, 2.45) is 21.5 Å². The first kappa shape index (κ1) is 23.8. The highest BCUT2D eigenvalue weighted by Crippen LogP contribution is 2.31. The predicted molar refractivity (Wildman–Crippen MR) is 132 cm³/mol. The molecule has 3 rings (SSSR count). The van der Waals surface area contributed by atoms with Crippen LogP contribution in [0.5, 0.6) is 11.5 Å². The minimum absolute atomic E-state index is 0.0866. The van der Waals surface area contributed by atoms with Crippen LogP contribution in [-0.2, 0) is 0 Å². The summed E-state index contributed by atoms with van der Waals surface area (Å²) in [6.07, 6.45) is 1.81. The molecular weight excluding hydrogens is 418 g/mol. The van der Waals surface area contributed by atoms with Crippen LogP contribution in [-0.4, -0.2) is 53.0 Å². The van der Waals surface area contributed by atoms with E-state index < -0.39 is 0 Å². The van der Waals surface area contributed by atoms with E-state index >= 15 is 0 Å². The third-order valence-electron chi connectivity index (χ3n) is 4.78. The zero-order chi connectivity index (χ0) is 24.1. The van der Waals surface area contributed by atoms with Gasteiger partial charge in [0, 0.05) is 28.8 Å². The van der Waals surface area contributed by atoms with Crippen LogP contribution in [0.2, 0.25) is 0 Å². The minimum Gasteiger partial charge on any atom is -0.496 e. The number of aromatic nitrogens is 3. The fraction of sp³-hybridized carbons (Fsp3) is 0.333. The summed E-state index contributed by atoms with van der Waals surface area (Å²) in [7, 11) is 3.21. The van der Waals surface area contributed by atoms with Crippen LogP contribution in [0.1, 0.15) is 38.8 Å². The van der Waals surface area contributed by atoms with E-state index in [4.69, 9.17) is 20.9 Å². The molecule has 1 aromatic heterocycles. The van der Waals surface area contributed by atoms with Crippen molar-refractivity contribution in [1.82, 2.24) is 15.0 Å². The highest BCUT2D eigenvalue weighted by atomic mass is 16.5. The molecule has 0 spiro atoms. The van der Waals surface area contributed by atoms with Gasteiger partial charge in [0.25, 0.3) is 0 Å². The minimum atomic E-state index is 0.0866. The summed E-state index contributed by atoms with van der Waals surface area (Å²) in [5, 5.41) is 8.65. The largest absolute Gasteiger partial charge is 0.496 e. The Hall–Kier alpha value is -3.88. The van der Waals surface area contributed by atoms with E-state index in [2.05, 4.69) is 20.3 Å². The zero-order valence-electron chi connectivity index (χ0n) is 19.9. The average Bonchev–Trinajstić information content (AvgIpc) is 3.27. The number of methoxy groups -OCH3 is 2. The van der Waals surface area contributed by atoms with Gasteiger partial charge in [0.1, 0.15) is 34.6 Å². The summed E-state index contributed by atoms with van der Waals surface area (Å²) >= 11 is 0. The summed E-state index contributed by atoms with van der Waals surface area (Å²) in [5.74, 6) is 2.16. The summed E-state index contributed by atoms with van der Waals surface area (Å²) in [6.45, 7) is 7.90. The predicted octanol–water partition coefficient (Wildman–Crippen LogP) is 3.18. The Kier molecular flexibility index (Phi) is 7.32. The summed E-state index contributed by atoms with van der Waals surface area (Å²) < 4.78 is 12.8. The van der Waals surface area contributed by atoms with E-state index in [0.29, 0.717) is 34.6 Å². The Balaban J connectivity index is 2.02. The zero-order valence-corrected chi connectivity index (χ0v) is 19.9. The number of nitrogens with zero attached hydrogens (tertiary/aromatic N) is 5. The van der Waals surface area contributed by atoms with Gasteiger partial charge in [-0.25, -0.2) is 4.68 Å². The van der Waals surface area contributed by atoms with Crippen LogP contribution in [0.3, 0.4) is 0 Å². The lowest BCUT2D eigenvalue weighted by atomic mass is 10.1. The lowest BCUT2D eigenvalue weighted by molar-refractivity contribution is 0.411. The normalized spacial score (nSPS) is 12.5. The molecule has 0 amide bonds. The molecule has 0 radical (unpaired) electrons. The summed E-state index contributed by atoms with van der Waals surface area (Å²) in [4.78, 5) is 8.83. The van der Waals surface area contributed by atoms with Crippen LogP contribution in [0.15, 0.2) is 52.6 Å². The molecular formula is C24H31N7O2. The molecule has 9 heteroatoms. The molecule has 0 aliphatic rings. The Morgan fingerprint density at radius 1 is 0.848 bits per heavy atom. The van der Waals surface area contributed by atoms with Crippen molar-refractivity contribution in [2.45, 2.75) is 39.8 Å². The Morgan fingerprint density at radius 3 is 2.00 bits per heavy atom. The number of hydrogen-bond donors (Lipinski definition) is 2. The number of rotatable bonds is 8. The van der Waals surface area contributed by atoms with Gasteiger partial charge in [0.2, 0.25) is 0 Å². The topological polar surface area (TPSA) is 126 Å². The number of aliphatic imine (C=N–C) groups is 2. The summed E-state index contributed by atoms with van der Waals surface area (Å²) in [6, 6.07) is 11.4. The average molecular weight is 450 g/mol. The van der Waals surface area contributed by atoms with Crippen molar-refractivity contribution < 1.29 is 9.47 Å². The summed E-state index contributed by atoms with van der Waals surface area (Å²) in [5.41, 5.74) is 15.9. The smallest absolute Gasteiger partial charge is 0.144 e. The van der Waals surface area contributed by atoms with Gasteiger partial charge < -0.3 is 20.9 Å². The highest BCUT2D eigenvalue weighted by Gasteiger charge is 2.16. The third-order valence-corrected chi connectivity index (χ3v) is 4.78. The molecule has 0 saturated carbocycles. The maximum atomic E-state index is 6.16. The van der Waals surface area contributed by atoms with Crippen LogP contribution >= 0.6 is 0 Å². The monoisotopic (exact) mass is 449 g/mol. The molecule has 33 heavy (non-hydrogen) atoms. The maximum absolute atomic E-state index is 6.16. The van der Waals surface area contributed by atoms with Crippen molar-refractivity contribution in [2.75, 3.05) is 14.2 Å². The van der Waals surface area contributed by atoms with Gasteiger partial charge in [0.05, 0.1) is 20.4 Å². The molecule has 2 aromatic carbocycles. The first-order valence-electron chi connectivity index (χ1n) is 10.7. The molecule has 0 aliphatic carbocycles. The fourth-order valence-corrected chi connectivity index (χ4v) is 3.30. The molecule has 0 aliphatic heterocycles. The van der Waals surface area contributed by atoms with Gasteiger partial charge in [-0.3, -0.25) is 9.98 Å². The molecule has 9 nitrogen and oxygen atoms in total. The first-order valence-corrected chi connectivity index (χ1v) is 10.7. The second kappa shape index (κ2) is 10.2. The van der Waals surface area contributed by atoms with Crippen LogP contribution in [0, 0.1) is 0 Å². The van der Waals surface area contributed by atoms with Crippen molar-refractivity contribution in [3.8, 4) is 28.4 Å². The molecule has 0 atom stereocenters. The van der Waals surface area contributed by atoms with Crippen LogP contribution in [0.25, 0.3) is 16.9 Å². The Labute approximate surface area is 194 Å². The van der Waals surface area contributed by atoms with Gasteiger partial charge in [-0.05, 0) is 58.0 Å². The SMILES string of the molecule is COc1cc(C(N)=NC(C)C)ccc1-c1cn(-c2cc(C(N)=NC(C)C)ccc2OC)nn1. The first-order chi connectivity index (χ1) is 15.7. The molecule has 0 unspecified atom stereocenters. The molecule has 4 N–H and O–H groups in total. The van der Waals surface area contributed by atoms with Crippen molar-refractivity contribution >= 4 is 11.7 Å². The van der Waals surface area contributed by atoms with E-state index in [1.165, 1.54) is 0 Å². The van der Waals surface area contributed by atoms with Crippen LogP contribution in [0.4, 0.5) is 0 Å². The fourth-order valence-electron chi connectivity index (χ4n) is 3.30. The molecule has 0 bridgehead atoms. The number of benzene rings is 2. The third kappa shape index (κ3) is 5.49. The molecule has 174 valence electrons. The number of amidine groups is 2. The van der Waals surface area contributed by atoms with Gasteiger partial charge >= 0.3 is 0 Å². The quantitative estimate of drug-likeness (QED) is 0.402. The van der Waals surface area contributed by atoms with Crippen molar-refractivity contribution in [3.63, 3.8) is 0 Å². The van der Waals surface area contributed by atoms with E-state index in [0.717, 1.165) is 16.7 Å². The maximum Gasteiger partial charge on any atom is 0.144 e. The van der Waals surface area contributed by atoms with E-state index in [9.17, 15) is 0 Å². The molecule has 0 saturated heterocycles. The van der Waals surface area contributed by atoms with Gasteiger partial charge in [-0.1, -0.05) is 11.3 Å². The lowest BCUT2D eigenvalue weighted by Gasteiger charge is -2.11. The number of ether oxygens (including phenoxy) is 2. The number of nitrogens with two attached hydrogens (primary N) is 2. The standard InChI is InChI=1S/C24H31N7O2/c1-14(2)27-23(25)16-8-10-21(32-5)20(11-16)31-13-19(29-30-31)18-9-7-17(12-22(18)33-6)24(26)28-15(3)4/h7-15H,1-6H3,(H2,25,27)(H2,26,28). The van der Waals surface area contributed by atoms with Gasteiger partial charge in [0.15, 0.2) is 0 Å². The van der Waals surface area contributed by atoms with Gasteiger partial charge in [-0.15, -0.1) is 5.10 Å². The molecule has 0 fully saturated rings. The second-order valence-corrected chi connectivity index (χ2v) is 8.07.